The number of hydrogen-bond donors (Lipinski definition) is 0. The predicted octanol–water partition coefficient (Wildman–Crippen LogP) is 4.49. The quantitative estimate of drug-likeness (QED) is 0.395. The molecule has 0 fully saturated rings. The highest BCUT2D eigenvalue weighted by Gasteiger charge is 2.15. The summed E-state index contributed by atoms with van der Waals surface area (Å²) in [5.74, 6) is 3.93. The number of hydrogen-bond acceptors (Lipinski definition) is 7. The second kappa shape index (κ2) is 6.33. The van der Waals surface area contributed by atoms with E-state index in [-0.39, 0.29) is 0 Å². The fourth-order valence-electron chi connectivity index (χ4n) is 2.66. The zero-order chi connectivity index (χ0) is 17.4. The Hall–Kier alpha value is -2.67. The lowest BCUT2D eigenvalue weighted by Crippen LogP contribution is -1.93. The van der Waals surface area contributed by atoms with E-state index in [1.807, 2.05) is 51.1 Å². The third-order valence-electron chi connectivity index (χ3n) is 3.75. The molecule has 6 nitrogen and oxygen atoms in total. The van der Waals surface area contributed by atoms with E-state index in [0.717, 1.165) is 38.8 Å². The van der Waals surface area contributed by atoms with Gasteiger partial charge in [-0.05, 0) is 32.9 Å². The van der Waals surface area contributed by atoms with Gasteiger partial charge in [0.25, 0.3) is 5.89 Å². The molecular formula is C18H16N4O2S. The largest absolute Gasteiger partial charge is 0.466 e. The van der Waals surface area contributed by atoms with Crippen molar-refractivity contribution >= 4 is 22.7 Å². The maximum atomic E-state index is 5.78. The Labute approximate surface area is 148 Å². The molecule has 0 aliphatic rings. The first-order valence-corrected chi connectivity index (χ1v) is 8.84. The molecule has 3 heterocycles. The minimum atomic E-state index is 0.480. The van der Waals surface area contributed by atoms with E-state index < -0.39 is 0 Å². The van der Waals surface area contributed by atoms with E-state index in [1.165, 1.54) is 0 Å². The minimum absolute atomic E-state index is 0.480. The fourth-order valence-corrected chi connectivity index (χ4v) is 3.56. The van der Waals surface area contributed by atoms with Crippen LogP contribution in [-0.4, -0.2) is 20.2 Å². The van der Waals surface area contributed by atoms with Crippen LogP contribution in [0.25, 0.3) is 22.4 Å². The van der Waals surface area contributed by atoms with E-state index in [0.29, 0.717) is 17.5 Å². The van der Waals surface area contributed by atoms with Crippen molar-refractivity contribution < 1.29 is 8.83 Å². The lowest BCUT2D eigenvalue weighted by Gasteiger charge is -2.04. The summed E-state index contributed by atoms with van der Waals surface area (Å²) >= 11 is 1.56. The molecule has 3 aromatic heterocycles. The number of furan rings is 1. The fraction of sp³-hybridized carbons (Fsp3) is 0.222. The number of aromatic nitrogens is 4. The molecule has 0 aliphatic carbocycles. The Morgan fingerprint density at radius 3 is 2.64 bits per heavy atom. The van der Waals surface area contributed by atoms with Gasteiger partial charge in [0.05, 0.1) is 16.8 Å². The van der Waals surface area contributed by atoms with Gasteiger partial charge in [0, 0.05) is 5.39 Å². The van der Waals surface area contributed by atoms with Gasteiger partial charge in [0.2, 0.25) is 5.89 Å². The van der Waals surface area contributed by atoms with Crippen LogP contribution in [0.4, 0.5) is 0 Å². The average Bonchev–Trinajstić information content (AvgIpc) is 3.18. The molecule has 126 valence electrons. The summed E-state index contributed by atoms with van der Waals surface area (Å²) in [5, 5.41) is 10.2. The molecule has 4 aromatic rings. The zero-order valence-electron chi connectivity index (χ0n) is 14.1. The molecule has 0 amide bonds. The maximum absolute atomic E-state index is 5.78. The first-order chi connectivity index (χ1) is 12.1. The number of fused-ring (bicyclic) bond motifs is 1. The molecule has 7 heteroatoms. The molecule has 0 bridgehead atoms. The van der Waals surface area contributed by atoms with Crippen LogP contribution in [0, 0.1) is 20.8 Å². The van der Waals surface area contributed by atoms with E-state index >= 15 is 0 Å². The summed E-state index contributed by atoms with van der Waals surface area (Å²) < 4.78 is 11.3. The summed E-state index contributed by atoms with van der Waals surface area (Å²) in [4.78, 5) is 9.01. The average molecular weight is 352 g/mol. The molecule has 0 unspecified atom stereocenters. The van der Waals surface area contributed by atoms with E-state index in [9.17, 15) is 0 Å². The number of benzene rings is 1. The van der Waals surface area contributed by atoms with E-state index in [1.54, 1.807) is 11.8 Å². The van der Waals surface area contributed by atoms with Crippen molar-refractivity contribution in [1.29, 1.82) is 0 Å². The summed E-state index contributed by atoms with van der Waals surface area (Å²) in [5.41, 5.74) is 1.78. The summed E-state index contributed by atoms with van der Waals surface area (Å²) in [6.45, 7) is 5.67. The molecule has 0 saturated heterocycles. The highest BCUT2D eigenvalue weighted by Crippen LogP contribution is 2.30. The second-order valence-electron chi connectivity index (χ2n) is 5.71. The van der Waals surface area contributed by atoms with Crippen molar-refractivity contribution in [1.82, 2.24) is 20.2 Å². The van der Waals surface area contributed by atoms with E-state index in [4.69, 9.17) is 8.83 Å². The molecule has 0 aliphatic heterocycles. The standard InChI is InChI=1S/C18H16N4O2S/c1-10-8-14(11(2)23-10)17-22-21-16(24-17)9-25-18-13-6-4-5-7-15(13)19-12(3)20-18/h4-8H,9H2,1-3H3. The van der Waals surface area contributed by atoms with Gasteiger partial charge in [0.15, 0.2) is 0 Å². The van der Waals surface area contributed by atoms with Crippen LogP contribution in [0.5, 0.6) is 0 Å². The molecular weight excluding hydrogens is 336 g/mol. The number of aryl methyl sites for hydroxylation is 3. The highest BCUT2D eigenvalue weighted by molar-refractivity contribution is 7.98. The number of nitrogens with zero attached hydrogens (tertiary/aromatic N) is 4. The molecule has 0 N–H and O–H groups in total. The van der Waals surface area contributed by atoms with Crippen LogP contribution in [-0.2, 0) is 5.75 Å². The van der Waals surface area contributed by atoms with Gasteiger partial charge in [-0.3, -0.25) is 0 Å². The topological polar surface area (TPSA) is 77.8 Å². The molecule has 1 aromatic carbocycles. The number of para-hydroxylation sites is 1. The van der Waals surface area contributed by atoms with Crippen LogP contribution in [0.1, 0.15) is 23.2 Å². The normalized spacial score (nSPS) is 11.3. The van der Waals surface area contributed by atoms with Crippen LogP contribution in [0.2, 0.25) is 0 Å². The summed E-state index contributed by atoms with van der Waals surface area (Å²) in [6.07, 6.45) is 0. The Morgan fingerprint density at radius 1 is 1.00 bits per heavy atom. The SMILES string of the molecule is Cc1nc(SCc2nnc(-c3cc(C)oc3C)o2)c2ccccc2n1. The smallest absolute Gasteiger partial charge is 0.251 e. The van der Waals surface area contributed by atoms with Crippen molar-refractivity contribution in [3.8, 4) is 11.5 Å². The van der Waals surface area contributed by atoms with Crippen molar-refractivity contribution in [2.45, 2.75) is 31.6 Å². The lowest BCUT2D eigenvalue weighted by atomic mass is 10.2. The van der Waals surface area contributed by atoms with Crippen molar-refractivity contribution in [3.63, 3.8) is 0 Å². The van der Waals surface area contributed by atoms with Gasteiger partial charge >= 0.3 is 0 Å². The van der Waals surface area contributed by atoms with Crippen LogP contribution in [0.3, 0.4) is 0 Å². The minimum Gasteiger partial charge on any atom is -0.466 e. The van der Waals surface area contributed by atoms with Crippen molar-refractivity contribution in [3.05, 3.63) is 53.6 Å². The van der Waals surface area contributed by atoms with Crippen molar-refractivity contribution in [2.24, 2.45) is 0 Å². The molecule has 0 spiro atoms. The summed E-state index contributed by atoms with van der Waals surface area (Å²) in [6, 6.07) is 9.88. The zero-order valence-corrected chi connectivity index (χ0v) is 14.9. The first-order valence-electron chi connectivity index (χ1n) is 7.86. The Balaban J connectivity index is 1.58. The number of thioether (sulfide) groups is 1. The Morgan fingerprint density at radius 2 is 1.84 bits per heavy atom. The third-order valence-corrected chi connectivity index (χ3v) is 4.73. The van der Waals surface area contributed by atoms with Crippen LogP contribution in [0.15, 0.2) is 44.2 Å². The molecule has 0 saturated carbocycles. The van der Waals surface area contributed by atoms with Crippen LogP contribution < -0.4 is 0 Å². The van der Waals surface area contributed by atoms with Gasteiger partial charge in [-0.2, -0.15) is 0 Å². The highest BCUT2D eigenvalue weighted by atomic mass is 32.2. The third kappa shape index (κ3) is 3.15. The molecule has 25 heavy (non-hydrogen) atoms. The lowest BCUT2D eigenvalue weighted by molar-refractivity contribution is 0.499. The van der Waals surface area contributed by atoms with Gasteiger partial charge in [-0.15, -0.1) is 10.2 Å². The van der Waals surface area contributed by atoms with E-state index in [2.05, 4.69) is 20.2 Å². The molecule has 0 atom stereocenters. The first kappa shape index (κ1) is 15.8. The Bertz CT molecular complexity index is 1050. The molecule has 0 radical (unpaired) electrons. The van der Waals surface area contributed by atoms with Crippen molar-refractivity contribution in [2.75, 3.05) is 0 Å². The summed E-state index contributed by atoms with van der Waals surface area (Å²) in [7, 11) is 0. The number of rotatable bonds is 4. The molecule has 4 rings (SSSR count). The van der Waals surface area contributed by atoms with Gasteiger partial charge in [0.1, 0.15) is 22.4 Å². The predicted molar refractivity (Wildman–Crippen MR) is 95.3 cm³/mol. The van der Waals surface area contributed by atoms with Gasteiger partial charge in [-0.25, -0.2) is 9.97 Å². The van der Waals surface area contributed by atoms with Crippen LogP contribution >= 0.6 is 11.8 Å². The monoisotopic (exact) mass is 352 g/mol. The maximum Gasteiger partial charge on any atom is 0.251 e. The Kier molecular flexibility index (Phi) is 4.01. The van der Waals surface area contributed by atoms with Gasteiger partial charge < -0.3 is 8.83 Å². The van der Waals surface area contributed by atoms with Gasteiger partial charge in [-0.1, -0.05) is 30.0 Å². The second-order valence-corrected chi connectivity index (χ2v) is 6.67.